The van der Waals surface area contributed by atoms with Crippen molar-refractivity contribution < 1.29 is 5.11 Å². The van der Waals surface area contributed by atoms with Crippen molar-refractivity contribution in [2.75, 3.05) is 11.4 Å². The van der Waals surface area contributed by atoms with Gasteiger partial charge in [0.15, 0.2) is 0 Å². The van der Waals surface area contributed by atoms with Crippen LogP contribution >= 0.6 is 0 Å². The fourth-order valence-corrected chi connectivity index (χ4v) is 2.35. The maximum Gasteiger partial charge on any atom is 0.0684 e. The predicted molar refractivity (Wildman–Crippen MR) is 63.1 cm³/mol. The summed E-state index contributed by atoms with van der Waals surface area (Å²) < 4.78 is 0. The van der Waals surface area contributed by atoms with Crippen molar-refractivity contribution in [1.82, 2.24) is 0 Å². The molecule has 15 heavy (non-hydrogen) atoms. The lowest BCUT2D eigenvalue weighted by Gasteiger charge is -2.24. The van der Waals surface area contributed by atoms with Gasteiger partial charge in [0.2, 0.25) is 0 Å². The van der Waals surface area contributed by atoms with Crippen LogP contribution < -0.4 is 4.90 Å². The van der Waals surface area contributed by atoms with Crippen LogP contribution in [0.25, 0.3) is 0 Å². The molecular weight excluding hydrogens is 186 g/mol. The van der Waals surface area contributed by atoms with Crippen LogP contribution in [0.3, 0.4) is 0 Å². The fraction of sp³-hybridized carbons (Fsp3) is 0.538. The molecule has 1 heterocycles. The third-order valence-electron chi connectivity index (χ3n) is 3.38. The fourth-order valence-electron chi connectivity index (χ4n) is 2.35. The first-order valence-electron chi connectivity index (χ1n) is 5.69. The maximum atomic E-state index is 9.11. The van der Waals surface area contributed by atoms with Crippen molar-refractivity contribution in [2.45, 2.75) is 39.3 Å². The second kappa shape index (κ2) is 4.23. The van der Waals surface area contributed by atoms with Crippen LogP contribution in [0.4, 0.5) is 5.69 Å². The van der Waals surface area contributed by atoms with Crippen LogP contribution in [0.1, 0.15) is 30.9 Å². The van der Waals surface area contributed by atoms with Crippen LogP contribution in [0.5, 0.6) is 0 Å². The van der Waals surface area contributed by atoms with Crippen LogP contribution in [0, 0.1) is 6.92 Å². The van der Waals surface area contributed by atoms with Crippen molar-refractivity contribution in [1.29, 1.82) is 0 Å². The van der Waals surface area contributed by atoms with E-state index >= 15 is 0 Å². The number of nitrogens with zero attached hydrogens (tertiary/aromatic N) is 1. The number of hydrogen-bond acceptors (Lipinski definition) is 2. The van der Waals surface area contributed by atoms with E-state index in [1.54, 1.807) is 0 Å². The van der Waals surface area contributed by atoms with Crippen molar-refractivity contribution >= 4 is 5.69 Å². The van der Waals surface area contributed by atoms with E-state index in [2.05, 4.69) is 30.9 Å². The Morgan fingerprint density at radius 1 is 1.47 bits per heavy atom. The van der Waals surface area contributed by atoms with Crippen LogP contribution in [-0.2, 0) is 6.61 Å². The molecule has 1 N–H and O–H groups in total. The summed E-state index contributed by atoms with van der Waals surface area (Å²) in [6, 6.07) is 7.01. The first-order valence-corrected chi connectivity index (χ1v) is 5.69. The number of hydrogen-bond donors (Lipinski definition) is 1. The Labute approximate surface area is 91.5 Å². The molecule has 2 rings (SSSR count). The minimum absolute atomic E-state index is 0.141. The molecule has 0 amide bonds. The lowest BCUT2D eigenvalue weighted by Crippen LogP contribution is -2.26. The number of rotatable bonds is 2. The van der Waals surface area contributed by atoms with Gasteiger partial charge in [-0.3, -0.25) is 0 Å². The molecule has 0 spiro atoms. The summed E-state index contributed by atoms with van der Waals surface area (Å²) in [5, 5.41) is 9.11. The lowest BCUT2D eigenvalue weighted by molar-refractivity contribution is 0.281. The Hall–Kier alpha value is -1.02. The van der Waals surface area contributed by atoms with Crippen LogP contribution in [0.2, 0.25) is 0 Å². The van der Waals surface area contributed by atoms with E-state index in [9.17, 15) is 0 Å². The van der Waals surface area contributed by atoms with Gasteiger partial charge in [-0.15, -0.1) is 0 Å². The van der Waals surface area contributed by atoms with Gasteiger partial charge >= 0.3 is 0 Å². The number of benzene rings is 1. The summed E-state index contributed by atoms with van der Waals surface area (Å²) in [6.45, 7) is 5.65. The van der Waals surface area contributed by atoms with Crippen molar-refractivity contribution in [2.24, 2.45) is 0 Å². The highest BCUT2D eigenvalue weighted by molar-refractivity contribution is 5.52. The van der Waals surface area contributed by atoms with Gasteiger partial charge in [0, 0.05) is 18.3 Å². The zero-order valence-corrected chi connectivity index (χ0v) is 9.53. The number of aryl methyl sites for hydroxylation is 1. The second-order valence-electron chi connectivity index (χ2n) is 4.45. The van der Waals surface area contributed by atoms with Gasteiger partial charge in [-0.25, -0.2) is 0 Å². The molecule has 2 heteroatoms. The van der Waals surface area contributed by atoms with E-state index in [4.69, 9.17) is 5.11 Å². The average Bonchev–Trinajstić information content (AvgIpc) is 2.64. The van der Waals surface area contributed by atoms with Gasteiger partial charge in [0.05, 0.1) is 6.61 Å². The lowest BCUT2D eigenvalue weighted by atomic mass is 10.1. The monoisotopic (exact) mass is 205 g/mol. The molecule has 1 fully saturated rings. The second-order valence-corrected chi connectivity index (χ2v) is 4.45. The van der Waals surface area contributed by atoms with E-state index in [0.29, 0.717) is 6.04 Å². The summed E-state index contributed by atoms with van der Waals surface area (Å²) in [4.78, 5) is 2.45. The summed E-state index contributed by atoms with van der Waals surface area (Å²) in [5.41, 5.74) is 3.52. The van der Waals surface area contributed by atoms with Gasteiger partial charge in [-0.05, 0) is 49.9 Å². The third-order valence-corrected chi connectivity index (χ3v) is 3.38. The highest BCUT2D eigenvalue weighted by Gasteiger charge is 2.20. The summed E-state index contributed by atoms with van der Waals surface area (Å²) in [7, 11) is 0. The summed E-state index contributed by atoms with van der Waals surface area (Å²) in [6.07, 6.45) is 2.59. The Balaban J connectivity index is 2.25. The number of aliphatic hydroxyl groups is 1. The quantitative estimate of drug-likeness (QED) is 0.801. The summed E-state index contributed by atoms with van der Waals surface area (Å²) >= 11 is 0. The van der Waals surface area contributed by atoms with E-state index in [-0.39, 0.29) is 6.61 Å². The van der Waals surface area contributed by atoms with E-state index in [0.717, 1.165) is 5.56 Å². The first-order chi connectivity index (χ1) is 7.22. The molecule has 1 aromatic carbocycles. The molecule has 0 bridgehead atoms. The number of aliphatic hydroxyl groups excluding tert-OH is 1. The largest absolute Gasteiger partial charge is 0.392 e. The third kappa shape index (κ3) is 2.00. The Morgan fingerprint density at radius 3 is 2.80 bits per heavy atom. The van der Waals surface area contributed by atoms with E-state index < -0.39 is 0 Å². The highest BCUT2D eigenvalue weighted by atomic mass is 16.3. The first kappa shape index (κ1) is 10.5. The molecule has 1 unspecified atom stereocenters. The number of anilines is 1. The van der Waals surface area contributed by atoms with Gasteiger partial charge in [0.1, 0.15) is 0 Å². The standard InChI is InChI=1S/C13H19NO/c1-10-8-13(6-5-12(10)9-15)14-7-3-4-11(14)2/h5-6,8,11,15H,3-4,7,9H2,1-2H3. The van der Waals surface area contributed by atoms with Gasteiger partial charge in [0.25, 0.3) is 0 Å². The average molecular weight is 205 g/mol. The smallest absolute Gasteiger partial charge is 0.0684 e. The zero-order valence-electron chi connectivity index (χ0n) is 9.53. The molecule has 1 aromatic rings. The van der Waals surface area contributed by atoms with Crippen LogP contribution in [0.15, 0.2) is 18.2 Å². The van der Waals surface area contributed by atoms with Gasteiger partial charge in [-0.2, -0.15) is 0 Å². The molecule has 1 atom stereocenters. The molecule has 1 aliphatic rings. The predicted octanol–water partition coefficient (Wildman–Crippen LogP) is 2.48. The normalized spacial score (nSPS) is 21.0. The molecule has 82 valence electrons. The van der Waals surface area contributed by atoms with Crippen molar-refractivity contribution in [3.8, 4) is 0 Å². The SMILES string of the molecule is Cc1cc(N2CCCC2C)ccc1CO. The highest BCUT2D eigenvalue weighted by Crippen LogP contribution is 2.26. The Morgan fingerprint density at radius 2 is 2.27 bits per heavy atom. The Kier molecular flexibility index (Phi) is 2.96. The van der Waals surface area contributed by atoms with E-state index in [1.807, 2.05) is 6.07 Å². The topological polar surface area (TPSA) is 23.5 Å². The molecular formula is C13H19NO. The maximum absolute atomic E-state index is 9.11. The van der Waals surface area contributed by atoms with Crippen LogP contribution in [-0.4, -0.2) is 17.7 Å². The molecule has 0 radical (unpaired) electrons. The molecule has 0 aromatic heterocycles. The molecule has 0 saturated carbocycles. The molecule has 2 nitrogen and oxygen atoms in total. The van der Waals surface area contributed by atoms with Crippen molar-refractivity contribution in [3.63, 3.8) is 0 Å². The molecule has 0 aliphatic carbocycles. The van der Waals surface area contributed by atoms with Gasteiger partial charge < -0.3 is 10.0 Å². The molecule has 1 saturated heterocycles. The minimum Gasteiger partial charge on any atom is -0.392 e. The summed E-state index contributed by atoms with van der Waals surface area (Å²) in [5.74, 6) is 0. The van der Waals surface area contributed by atoms with E-state index in [1.165, 1.54) is 30.6 Å². The zero-order chi connectivity index (χ0) is 10.8. The molecule has 1 aliphatic heterocycles. The van der Waals surface area contributed by atoms with Gasteiger partial charge in [-0.1, -0.05) is 6.07 Å². The Bertz CT molecular complexity index is 348. The van der Waals surface area contributed by atoms with Crippen molar-refractivity contribution in [3.05, 3.63) is 29.3 Å². The minimum atomic E-state index is 0.141.